The van der Waals surface area contributed by atoms with Crippen molar-refractivity contribution in [3.05, 3.63) is 67.1 Å². The van der Waals surface area contributed by atoms with Crippen LogP contribution in [-0.4, -0.2) is 0 Å². The van der Waals surface area contributed by atoms with E-state index in [1.54, 1.807) is 0 Å². The van der Waals surface area contributed by atoms with Crippen LogP contribution in [0.4, 0.5) is 0 Å². The van der Waals surface area contributed by atoms with E-state index >= 15 is 0 Å². The fourth-order valence-corrected chi connectivity index (χ4v) is 0.818. The molecule has 2 rings (SSSR count). The molecule has 1 aliphatic carbocycles. The molecule has 0 saturated carbocycles. The monoisotopic (exact) mass is 240 g/mol. The van der Waals surface area contributed by atoms with E-state index in [9.17, 15) is 0 Å². The molecule has 2 heteroatoms. The number of allylic oxidation sites excluding steroid dienone is 4. The molecule has 72 valence electrons. The Morgan fingerprint density at radius 1 is 1.14 bits per heavy atom. The quantitative estimate of drug-likeness (QED) is 0.480. The molecule has 0 unspecified atom stereocenters. The standard InChI is InChI=1S/C7H7.C5H5.ClH.Ti/c1-7-5-3-2-4-6-7;1-2-4-5-3-1;;/h2-6H,1H2;1-3H,4H2;1H;/q2*-1;;+2. The van der Waals surface area contributed by atoms with Crippen molar-refractivity contribution in [3.8, 4) is 0 Å². The van der Waals surface area contributed by atoms with Crippen LogP contribution in [0.2, 0.25) is 0 Å². The first-order valence-corrected chi connectivity index (χ1v) is 3.98. The van der Waals surface area contributed by atoms with E-state index in [4.69, 9.17) is 0 Å². The number of halogens is 1. The molecular formula is C12H13ClTi. The van der Waals surface area contributed by atoms with Gasteiger partial charge in [-0.05, 0) is 0 Å². The third-order valence-corrected chi connectivity index (χ3v) is 1.43. The van der Waals surface area contributed by atoms with Gasteiger partial charge < -0.3 is 0 Å². The fourth-order valence-electron chi connectivity index (χ4n) is 0.818. The Morgan fingerprint density at radius 3 is 2.00 bits per heavy atom. The van der Waals surface area contributed by atoms with E-state index in [0.717, 1.165) is 12.0 Å². The van der Waals surface area contributed by atoms with Gasteiger partial charge in [-0.1, -0.05) is 6.07 Å². The van der Waals surface area contributed by atoms with Gasteiger partial charge in [-0.2, -0.15) is 30.7 Å². The number of hydrogen-bond acceptors (Lipinski definition) is 0. The summed E-state index contributed by atoms with van der Waals surface area (Å²) in [6, 6.07) is 9.87. The first-order chi connectivity index (χ1) is 5.89. The summed E-state index contributed by atoms with van der Waals surface area (Å²) in [5.41, 5.74) is 1.07. The molecule has 14 heavy (non-hydrogen) atoms. The average Bonchev–Trinajstić information content (AvgIpc) is 2.62. The number of benzene rings is 1. The van der Waals surface area contributed by atoms with Gasteiger partial charge in [-0.15, -0.1) is 31.0 Å². The summed E-state index contributed by atoms with van der Waals surface area (Å²) in [7, 11) is 0. The van der Waals surface area contributed by atoms with Gasteiger partial charge in [0.2, 0.25) is 0 Å². The first kappa shape index (κ1) is 16.0. The molecule has 0 radical (unpaired) electrons. The third-order valence-electron chi connectivity index (χ3n) is 1.43. The normalized spacial score (nSPS) is 10.6. The maximum Gasteiger partial charge on any atom is 2.00 e. The van der Waals surface area contributed by atoms with Gasteiger partial charge in [-0.25, -0.2) is 12.2 Å². The van der Waals surface area contributed by atoms with Crippen molar-refractivity contribution in [2.75, 3.05) is 0 Å². The summed E-state index contributed by atoms with van der Waals surface area (Å²) in [5.74, 6) is 0. The molecule has 0 fully saturated rings. The van der Waals surface area contributed by atoms with Gasteiger partial charge >= 0.3 is 21.7 Å². The van der Waals surface area contributed by atoms with E-state index in [0.29, 0.717) is 0 Å². The van der Waals surface area contributed by atoms with Crippen LogP contribution >= 0.6 is 12.4 Å². The van der Waals surface area contributed by atoms with E-state index in [2.05, 4.69) is 19.1 Å². The topological polar surface area (TPSA) is 0 Å². The minimum Gasteiger partial charge on any atom is -0.273 e. The molecule has 0 aliphatic heterocycles. The SMILES string of the molecule is Cl.[C-]1=CC=CC1.[CH2-]c1ccccc1.[Ti+2]. The first-order valence-electron chi connectivity index (χ1n) is 3.98. The predicted octanol–water partition coefficient (Wildman–Crippen LogP) is 3.59. The second-order valence-electron chi connectivity index (χ2n) is 2.49. The van der Waals surface area contributed by atoms with Crippen molar-refractivity contribution in [3.63, 3.8) is 0 Å². The average molecular weight is 241 g/mol. The van der Waals surface area contributed by atoms with E-state index in [1.807, 2.05) is 42.5 Å². The second kappa shape index (κ2) is 10.7. The Balaban J connectivity index is 0. The van der Waals surface area contributed by atoms with Crippen LogP contribution in [0.25, 0.3) is 0 Å². The molecule has 1 aromatic carbocycles. The Kier molecular flexibility index (Phi) is 12.2. The van der Waals surface area contributed by atoms with Crippen LogP contribution < -0.4 is 0 Å². The zero-order chi connectivity index (χ0) is 8.65. The zero-order valence-corrected chi connectivity index (χ0v) is 10.3. The maximum atomic E-state index is 3.72. The van der Waals surface area contributed by atoms with Crippen LogP contribution in [0.5, 0.6) is 0 Å². The molecule has 0 aromatic heterocycles. The smallest absolute Gasteiger partial charge is 0.273 e. The molecular weight excluding hydrogens is 227 g/mol. The van der Waals surface area contributed by atoms with Gasteiger partial charge in [0.25, 0.3) is 0 Å². The van der Waals surface area contributed by atoms with Gasteiger partial charge in [0.1, 0.15) is 0 Å². The van der Waals surface area contributed by atoms with Crippen LogP contribution in [0.15, 0.2) is 48.6 Å². The van der Waals surface area contributed by atoms with Crippen molar-refractivity contribution in [2.24, 2.45) is 0 Å². The van der Waals surface area contributed by atoms with E-state index in [1.165, 1.54) is 0 Å². The largest absolute Gasteiger partial charge is 2.00 e. The Labute approximate surface area is 107 Å². The van der Waals surface area contributed by atoms with Gasteiger partial charge in [-0.3, -0.25) is 6.08 Å². The van der Waals surface area contributed by atoms with Crippen LogP contribution in [0, 0.1) is 13.0 Å². The molecule has 0 bridgehead atoms. The van der Waals surface area contributed by atoms with Gasteiger partial charge in [0.05, 0.1) is 0 Å². The van der Waals surface area contributed by atoms with E-state index in [-0.39, 0.29) is 34.1 Å². The summed E-state index contributed by atoms with van der Waals surface area (Å²) >= 11 is 0. The van der Waals surface area contributed by atoms with Crippen molar-refractivity contribution in [1.29, 1.82) is 0 Å². The molecule has 0 heterocycles. The molecule has 0 N–H and O–H groups in total. The van der Waals surface area contributed by atoms with Gasteiger partial charge in [0.15, 0.2) is 0 Å². The second-order valence-corrected chi connectivity index (χ2v) is 2.49. The minimum absolute atomic E-state index is 0. The Hall–Kier alpha value is -0.426. The summed E-state index contributed by atoms with van der Waals surface area (Å²) in [5, 5.41) is 0. The van der Waals surface area contributed by atoms with Crippen LogP contribution in [0.1, 0.15) is 12.0 Å². The molecule has 0 spiro atoms. The maximum absolute atomic E-state index is 3.72. The number of hydrogen-bond donors (Lipinski definition) is 0. The predicted molar refractivity (Wildman–Crippen MR) is 59.7 cm³/mol. The summed E-state index contributed by atoms with van der Waals surface area (Å²) in [6.45, 7) is 3.72. The molecule has 0 atom stereocenters. The summed E-state index contributed by atoms with van der Waals surface area (Å²) in [6.07, 6.45) is 10.0. The van der Waals surface area contributed by atoms with Crippen molar-refractivity contribution >= 4 is 12.4 Å². The van der Waals surface area contributed by atoms with E-state index < -0.39 is 0 Å². The summed E-state index contributed by atoms with van der Waals surface area (Å²) < 4.78 is 0. The molecule has 1 aliphatic rings. The zero-order valence-electron chi connectivity index (χ0n) is 7.94. The molecule has 0 nitrogen and oxygen atoms in total. The van der Waals surface area contributed by atoms with Gasteiger partial charge in [0, 0.05) is 0 Å². The fraction of sp³-hybridized carbons (Fsp3) is 0.0833. The molecule has 1 aromatic rings. The molecule has 0 saturated heterocycles. The summed E-state index contributed by atoms with van der Waals surface area (Å²) in [4.78, 5) is 0. The van der Waals surface area contributed by atoms with Crippen molar-refractivity contribution in [1.82, 2.24) is 0 Å². The Morgan fingerprint density at radius 2 is 1.79 bits per heavy atom. The number of rotatable bonds is 0. The van der Waals surface area contributed by atoms with Crippen molar-refractivity contribution in [2.45, 2.75) is 6.42 Å². The Bertz CT molecular complexity index is 255. The minimum atomic E-state index is 0. The van der Waals surface area contributed by atoms with Crippen LogP contribution in [0.3, 0.4) is 0 Å². The molecule has 0 amide bonds. The van der Waals surface area contributed by atoms with Crippen molar-refractivity contribution < 1.29 is 21.7 Å². The van der Waals surface area contributed by atoms with Crippen LogP contribution in [-0.2, 0) is 21.7 Å². The third kappa shape index (κ3) is 8.19.